The van der Waals surface area contributed by atoms with Crippen LogP contribution in [0.15, 0.2) is 91.3 Å². The first-order valence-corrected chi connectivity index (χ1v) is 21.7. The number of carboxylic acid groups (broad SMARTS) is 1. The molecule has 5 rings (SSSR count). The van der Waals surface area contributed by atoms with E-state index in [1.807, 2.05) is 107 Å². The van der Waals surface area contributed by atoms with Gasteiger partial charge in [-0.05, 0) is 67.3 Å². The molecule has 0 aliphatic rings. The molecule has 0 radical (unpaired) electrons. The van der Waals surface area contributed by atoms with E-state index < -0.39 is 60.3 Å². The quantitative estimate of drug-likeness (QED) is 0.0406. The largest absolute Gasteiger partial charge is 0.480 e. The number of nitrogens with one attached hydrogen (secondary N) is 7. The molecule has 3 aromatic carbocycles. The van der Waals surface area contributed by atoms with Crippen LogP contribution in [0.1, 0.15) is 63.6 Å². The highest BCUT2D eigenvalue weighted by atomic mass is 32.1. The minimum absolute atomic E-state index is 0.00473. The Kier molecular flexibility index (Phi) is 16.7. The number of nitrogens with two attached hydrogens (primary N) is 1. The Hall–Kier alpha value is -5.97. The van der Waals surface area contributed by atoms with Gasteiger partial charge in [0.05, 0.1) is 19.1 Å². The molecule has 336 valence electrons. The first-order valence-electron chi connectivity index (χ1n) is 21.1. The van der Waals surface area contributed by atoms with Crippen molar-refractivity contribution in [1.29, 1.82) is 0 Å². The summed E-state index contributed by atoms with van der Waals surface area (Å²) in [7, 11) is 0. The fourth-order valence-corrected chi connectivity index (χ4v) is 7.66. The highest BCUT2D eigenvalue weighted by Crippen LogP contribution is 2.29. The molecular weight excluding hydrogens is 821 g/mol. The second kappa shape index (κ2) is 21.9. The van der Waals surface area contributed by atoms with Crippen LogP contribution in [0, 0.1) is 5.41 Å². The SMILES string of the molecule is CC(C)(N)CCC(C)(C)CC(=O)CNC(Cc1ccccc1)C(=O)NC(Cc1c[nH]c2ccccc12)C(=O)NC(Cc1c[nH]c2ccccc12)C(=O)NCC(=O)NC(CS)C(=O)O. The number of carboxylic acids is 1. The van der Waals surface area contributed by atoms with Crippen LogP contribution in [0.25, 0.3) is 21.8 Å². The minimum atomic E-state index is -1.28. The van der Waals surface area contributed by atoms with Crippen molar-refractivity contribution in [1.82, 2.24) is 36.6 Å². The Labute approximate surface area is 372 Å². The zero-order valence-electron chi connectivity index (χ0n) is 36.3. The Morgan fingerprint density at radius 2 is 1.17 bits per heavy atom. The summed E-state index contributed by atoms with van der Waals surface area (Å²) in [4.78, 5) is 87.0. The van der Waals surface area contributed by atoms with Gasteiger partial charge in [-0.2, -0.15) is 12.6 Å². The number of hydrogen-bond acceptors (Lipinski definition) is 9. The number of H-pyrrole nitrogens is 2. The summed E-state index contributed by atoms with van der Waals surface area (Å²) in [5.41, 5.74) is 9.46. The maximum absolute atomic E-state index is 14.6. The van der Waals surface area contributed by atoms with E-state index in [2.05, 4.69) is 49.2 Å². The summed E-state index contributed by atoms with van der Waals surface area (Å²) in [6, 6.07) is 19.7. The summed E-state index contributed by atoms with van der Waals surface area (Å²) in [5.74, 6) is -4.18. The number of aromatic nitrogens is 2. The van der Waals surface area contributed by atoms with Crippen LogP contribution in [-0.4, -0.2) is 99.0 Å². The van der Waals surface area contributed by atoms with Crippen molar-refractivity contribution >= 4 is 69.8 Å². The zero-order valence-corrected chi connectivity index (χ0v) is 37.1. The van der Waals surface area contributed by atoms with Gasteiger partial charge < -0.3 is 42.1 Å². The van der Waals surface area contributed by atoms with Gasteiger partial charge in [-0.15, -0.1) is 0 Å². The molecular formula is C47H60N8O7S. The Morgan fingerprint density at radius 3 is 1.71 bits per heavy atom. The van der Waals surface area contributed by atoms with Gasteiger partial charge in [0, 0.05) is 64.8 Å². The van der Waals surface area contributed by atoms with Crippen LogP contribution in [0.5, 0.6) is 0 Å². The predicted octanol–water partition coefficient (Wildman–Crippen LogP) is 3.72. The summed E-state index contributed by atoms with van der Waals surface area (Å²) < 4.78 is 0. The first-order chi connectivity index (χ1) is 29.9. The predicted molar refractivity (Wildman–Crippen MR) is 247 cm³/mol. The second-order valence-electron chi connectivity index (χ2n) is 17.6. The molecule has 0 spiro atoms. The van der Waals surface area contributed by atoms with Crippen molar-refractivity contribution in [3.05, 3.63) is 108 Å². The molecule has 63 heavy (non-hydrogen) atoms. The molecule has 16 heteroatoms. The van der Waals surface area contributed by atoms with Gasteiger partial charge in [0.15, 0.2) is 0 Å². The van der Waals surface area contributed by atoms with Crippen molar-refractivity contribution in [2.45, 2.75) is 95.9 Å². The molecule has 4 atom stereocenters. The number of amides is 4. The van der Waals surface area contributed by atoms with Gasteiger partial charge >= 0.3 is 5.97 Å². The van der Waals surface area contributed by atoms with Crippen LogP contribution in [-0.2, 0) is 48.0 Å². The van der Waals surface area contributed by atoms with Gasteiger partial charge in [0.25, 0.3) is 0 Å². The van der Waals surface area contributed by atoms with E-state index in [1.165, 1.54) is 0 Å². The third kappa shape index (κ3) is 14.5. The standard InChI is InChI=1S/C47H60N8O7S/c1-46(2,18-19-47(3,4)48)23-32(56)26-51-37(20-29-12-6-5-7-13-29)43(59)55-39(22-31-25-50-36-17-11-9-15-34(31)36)44(60)54-38(21-30-24-49-35-16-10-8-14-33(30)35)42(58)52-27-41(57)53-40(28-63)45(61)62/h5-17,24-25,37-40,49-51,63H,18-23,26-28,48H2,1-4H3,(H,52,58)(H,53,57)(H,54,60)(H,55,59)(H,61,62). The van der Waals surface area contributed by atoms with Crippen LogP contribution < -0.4 is 32.3 Å². The number of Topliss-reactive ketones (excluding diaryl/α,β-unsaturated/α-hetero) is 1. The number of carbonyl (C=O) groups excluding carboxylic acids is 5. The molecule has 15 nitrogen and oxygen atoms in total. The molecule has 4 amide bonds. The summed E-state index contributed by atoms with van der Waals surface area (Å²) in [6.07, 6.45) is 5.53. The molecule has 10 N–H and O–H groups in total. The zero-order chi connectivity index (χ0) is 45.7. The smallest absolute Gasteiger partial charge is 0.327 e. The lowest BCUT2D eigenvalue weighted by Crippen LogP contribution is -2.58. The van der Waals surface area contributed by atoms with Gasteiger partial charge in [-0.25, -0.2) is 4.79 Å². The highest BCUT2D eigenvalue weighted by molar-refractivity contribution is 7.80. The molecule has 2 aromatic heterocycles. The van der Waals surface area contributed by atoms with E-state index in [9.17, 15) is 33.9 Å². The lowest BCUT2D eigenvalue weighted by molar-refractivity contribution is -0.141. The molecule has 5 aromatic rings. The number of ketones is 1. The van der Waals surface area contributed by atoms with Crippen LogP contribution in [0.2, 0.25) is 0 Å². The van der Waals surface area contributed by atoms with Crippen molar-refractivity contribution < 1.29 is 33.9 Å². The number of hydrogen-bond donors (Lipinski definition) is 10. The number of rotatable bonds is 24. The molecule has 0 bridgehead atoms. The van der Waals surface area contributed by atoms with E-state index >= 15 is 0 Å². The fourth-order valence-electron chi connectivity index (χ4n) is 7.42. The molecule has 0 aliphatic heterocycles. The number of para-hydroxylation sites is 2. The average molecular weight is 881 g/mol. The van der Waals surface area contributed by atoms with Gasteiger partial charge in [0.1, 0.15) is 23.9 Å². The van der Waals surface area contributed by atoms with Crippen LogP contribution in [0.3, 0.4) is 0 Å². The van der Waals surface area contributed by atoms with Crippen molar-refractivity contribution in [3.8, 4) is 0 Å². The van der Waals surface area contributed by atoms with Crippen LogP contribution >= 0.6 is 12.6 Å². The average Bonchev–Trinajstić information content (AvgIpc) is 3.85. The topological polar surface area (TPSA) is 240 Å². The maximum atomic E-state index is 14.6. The van der Waals surface area contributed by atoms with E-state index in [0.717, 1.165) is 45.8 Å². The second-order valence-corrected chi connectivity index (χ2v) is 18.0. The first kappa shape index (κ1) is 48.1. The van der Waals surface area contributed by atoms with Crippen LogP contribution in [0.4, 0.5) is 0 Å². The molecule has 0 fully saturated rings. The number of aliphatic carboxylic acids is 1. The summed E-state index contributed by atoms with van der Waals surface area (Å²) in [6.45, 7) is 7.31. The maximum Gasteiger partial charge on any atom is 0.327 e. The minimum Gasteiger partial charge on any atom is -0.480 e. The van der Waals surface area contributed by atoms with Crippen molar-refractivity contribution in [2.24, 2.45) is 11.1 Å². The third-order valence-corrected chi connectivity index (χ3v) is 11.3. The van der Waals surface area contributed by atoms with E-state index in [1.54, 1.807) is 12.4 Å². The Morgan fingerprint density at radius 1 is 0.651 bits per heavy atom. The van der Waals surface area contributed by atoms with Crippen molar-refractivity contribution in [3.63, 3.8) is 0 Å². The third-order valence-electron chi connectivity index (χ3n) is 11.0. The highest BCUT2D eigenvalue weighted by Gasteiger charge is 2.32. The van der Waals surface area contributed by atoms with Gasteiger partial charge in [-0.1, -0.05) is 80.6 Å². The molecule has 0 saturated carbocycles. The summed E-state index contributed by atoms with van der Waals surface area (Å²) >= 11 is 3.98. The van der Waals surface area contributed by atoms with Crippen molar-refractivity contribution in [2.75, 3.05) is 18.8 Å². The molecule has 4 unspecified atom stereocenters. The van der Waals surface area contributed by atoms with E-state index in [-0.39, 0.29) is 54.7 Å². The molecule has 0 aliphatic carbocycles. The monoisotopic (exact) mass is 880 g/mol. The van der Waals surface area contributed by atoms with Gasteiger partial charge in [0.2, 0.25) is 23.6 Å². The number of thiol groups is 1. The molecule has 0 saturated heterocycles. The lowest BCUT2D eigenvalue weighted by atomic mass is 9.79. The number of fused-ring (bicyclic) bond motifs is 2. The van der Waals surface area contributed by atoms with E-state index in [4.69, 9.17) is 5.73 Å². The number of aromatic amines is 2. The molecule has 2 heterocycles. The fraction of sp³-hybridized carbons (Fsp3) is 0.404. The van der Waals surface area contributed by atoms with E-state index in [0.29, 0.717) is 5.56 Å². The number of carbonyl (C=O) groups is 6. The Balaban J connectivity index is 1.41. The summed E-state index contributed by atoms with van der Waals surface area (Å²) in [5, 5.41) is 24.9. The number of benzene rings is 3. The Bertz CT molecular complexity index is 2370. The normalized spacial score (nSPS) is 13.7. The lowest BCUT2D eigenvalue weighted by Gasteiger charge is -2.29. The van der Waals surface area contributed by atoms with Gasteiger partial charge in [-0.3, -0.25) is 29.3 Å².